The Labute approximate surface area is 190 Å². The fourth-order valence-corrected chi connectivity index (χ4v) is 4.55. The fraction of sp³-hybridized carbons (Fsp3) is 0.462. The van der Waals surface area contributed by atoms with E-state index in [4.69, 9.17) is 4.74 Å². The van der Waals surface area contributed by atoms with E-state index in [1.165, 1.54) is 19.3 Å². The van der Waals surface area contributed by atoms with Crippen LogP contribution in [0.5, 0.6) is 5.75 Å². The van der Waals surface area contributed by atoms with Gasteiger partial charge in [-0.15, -0.1) is 0 Å². The zero-order valence-corrected chi connectivity index (χ0v) is 18.5. The van der Waals surface area contributed by atoms with Crippen LogP contribution in [0.25, 0.3) is 0 Å². The van der Waals surface area contributed by atoms with Crippen molar-refractivity contribution in [3.8, 4) is 5.75 Å². The molecule has 1 unspecified atom stereocenters. The molecule has 0 radical (unpaired) electrons. The normalized spacial score (nSPS) is 18.6. The lowest BCUT2D eigenvalue weighted by Crippen LogP contribution is -2.52. The average molecular weight is 436 g/mol. The van der Waals surface area contributed by atoms with Crippen molar-refractivity contribution in [1.82, 2.24) is 15.5 Å². The van der Waals surface area contributed by atoms with E-state index in [-0.39, 0.29) is 18.0 Å². The van der Waals surface area contributed by atoms with E-state index >= 15 is 0 Å². The molecular formula is C26H33N3O3. The first kappa shape index (κ1) is 22.2. The van der Waals surface area contributed by atoms with E-state index in [2.05, 4.69) is 10.6 Å². The van der Waals surface area contributed by atoms with Crippen LogP contribution in [-0.4, -0.2) is 42.0 Å². The van der Waals surface area contributed by atoms with Crippen LogP contribution in [0, 0.1) is 0 Å². The van der Waals surface area contributed by atoms with Gasteiger partial charge in [0.05, 0.1) is 0 Å². The van der Waals surface area contributed by atoms with Crippen LogP contribution in [0.1, 0.15) is 56.6 Å². The maximum atomic E-state index is 13.2. The number of nitrogens with one attached hydrogen (secondary N) is 2. The molecule has 32 heavy (non-hydrogen) atoms. The van der Waals surface area contributed by atoms with Crippen LogP contribution in [0.2, 0.25) is 0 Å². The smallest absolute Gasteiger partial charge is 0.317 e. The predicted octanol–water partition coefficient (Wildman–Crippen LogP) is 4.43. The third-order valence-corrected chi connectivity index (χ3v) is 6.40. The lowest BCUT2D eigenvalue weighted by Gasteiger charge is -2.34. The Balaban J connectivity index is 1.31. The molecule has 2 N–H and O–H groups in total. The second kappa shape index (κ2) is 11.0. The van der Waals surface area contributed by atoms with E-state index in [0.717, 1.165) is 31.2 Å². The van der Waals surface area contributed by atoms with Crippen LogP contribution < -0.4 is 15.4 Å². The maximum absolute atomic E-state index is 13.2. The Kier molecular flexibility index (Phi) is 7.64. The number of hydrogen-bond acceptors (Lipinski definition) is 3. The lowest BCUT2D eigenvalue weighted by molar-refractivity contribution is -0.129. The Morgan fingerprint density at radius 2 is 1.38 bits per heavy atom. The minimum atomic E-state index is -0.716. The SMILES string of the molecule is O=C(NC1CCN(C(=O)NC2CCCCC2)CC1)C(Oc1ccccc1)c1ccccc1. The van der Waals surface area contributed by atoms with Crippen molar-refractivity contribution in [3.05, 3.63) is 66.2 Å². The molecular weight excluding hydrogens is 402 g/mol. The largest absolute Gasteiger partial charge is 0.476 e. The summed E-state index contributed by atoms with van der Waals surface area (Å²) in [7, 11) is 0. The van der Waals surface area contributed by atoms with Crippen LogP contribution in [0.4, 0.5) is 4.79 Å². The third-order valence-electron chi connectivity index (χ3n) is 6.40. The molecule has 4 rings (SSSR count). The van der Waals surface area contributed by atoms with Gasteiger partial charge in [0.2, 0.25) is 6.10 Å². The molecule has 0 bridgehead atoms. The molecule has 1 aliphatic heterocycles. The molecule has 1 atom stereocenters. The predicted molar refractivity (Wildman–Crippen MR) is 124 cm³/mol. The number of para-hydroxylation sites is 1. The van der Waals surface area contributed by atoms with Gasteiger partial charge in [-0.3, -0.25) is 4.79 Å². The summed E-state index contributed by atoms with van der Waals surface area (Å²) in [6.45, 7) is 1.30. The van der Waals surface area contributed by atoms with E-state index < -0.39 is 6.10 Å². The monoisotopic (exact) mass is 435 g/mol. The molecule has 170 valence electrons. The third kappa shape index (κ3) is 6.02. The summed E-state index contributed by atoms with van der Waals surface area (Å²) in [5.74, 6) is 0.510. The van der Waals surface area contributed by atoms with Crippen LogP contribution >= 0.6 is 0 Å². The Morgan fingerprint density at radius 1 is 0.781 bits per heavy atom. The van der Waals surface area contributed by atoms with Crippen molar-refractivity contribution in [1.29, 1.82) is 0 Å². The highest BCUT2D eigenvalue weighted by Gasteiger charge is 2.29. The first-order valence-corrected chi connectivity index (χ1v) is 11.8. The standard InChI is InChI=1S/C26H33N3O3/c30-25(24(20-10-4-1-5-11-20)32-23-14-8-3-9-15-23)27-22-16-18-29(19-17-22)26(31)28-21-12-6-2-7-13-21/h1,3-5,8-11,14-15,21-22,24H,2,6-7,12-13,16-19H2,(H,27,30)(H,28,31). The molecule has 0 spiro atoms. The maximum Gasteiger partial charge on any atom is 0.317 e. The summed E-state index contributed by atoms with van der Waals surface area (Å²) in [6, 6.07) is 19.4. The molecule has 2 aliphatic rings. The number of amides is 3. The number of likely N-dealkylation sites (tertiary alicyclic amines) is 1. The van der Waals surface area contributed by atoms with Gasteiger partial charge < -0.3 is 20.3 Å². The number of benzene rings is 2. The number of rotatable bonds is 6. The van der Waals surface area contributed by atoms with E-state index in [1.807, 2.05) is 65.6 Å². The summed E-state index contributed by atoms with van der Waals surface area (Å²) in [4.78, 5) is 27.6. The first-order chi connectivity index (χ1) is 15.7. The van der Waals surface area contributed by atoms with E-state index in [9.17, 15) is 9.59 Å². The molecule has 6 nitrogen and oxygen atoms in total. The molecule has 2 aromatic carbocycles. The quantitative estimate of drug-likeness (QED) is 0.705. The van der Waals surface area contributed by atoms with Crippen LogP contribution in [-0.2, 0) is 4.79 Å². The molecule has 1 heterocycles. The van der Waals surface area contributed by atoms with Crippen molar-refractivity contribution in [2.45, 2.75) is 63.1 Å². The zero-order chi connectivity index (χ0) is 22.2. The first-order valence-electron chi connectivity index (χ1n) is 11.8. The Morgan fingerprint density at radius 3 is 2.03 bits per heavy atom. The van der Waals surface area contributed by atoms with Crippen molar-refractivity contribution in [2.24, 2.45) is 0 Å². The summed E-state index contributed by atoms with van der Waals surface area (Å²) in [5.41, 5.74) is 0.818. The molecule has 1 saturated heterocycles. The second-order valence-corrected chi connectivity index (χ2v) is 8.78. The van der Waals surface area contributed by atoms with Gasteiger partial charge >= 0.3 is 6.03 Å². The lowest BCUT2D eigenvalue weighted by atomic mass is 9.95. The van der Waals surface area contributed by atoms with Crippen molar-refractivity contribution in [3.63, 3.8) is 0 Å². The molecule has 1 aliphatic carbocycles. The van der Waals surface area contributed by atoms with Gasteiger partial charge in [0.15, 0.2) is 0 Å². The van der Waals surface area contributed by atoms with E-state index in [1.54, 1.807) is 0 Å². The van der Waals surface area contributed by atoms with Gasteiger partial charge in [-0.2, -0.15) is 0 Å². The van der Waals surface area contributed by atoms with Crippen molar-refractivity contribution in [2.75, 3.05) is 13.1 Å². The zero-order valence-electron chi connectivity index (χ0n) is 18.5. The van der Waals surface area contributed by atoms with Gasteiger partial charge in [-0.05, 0) is 37.8 Å². The second-order valence-electron chi connectivity index (χ2n) is 8.78. The summed E-state index contributed by atoms with van der Waals surface area (Å²) < 4.78 is 6.06. The van der Waals surface area contributed by atoms with Gasteiger partial charge in [-0.25, -0.2) is 4.79 Å². The molecule has 1 saturated carbocycles. The highest BCUT2D eigenvalue weighted by molar-refractivity contribution is 5.83. The number of nitrogens with zero attached hydrogens (tertiary/aromatic N) is 1. The molecule has 2 aromatic rings. The van der Waals surface area contributed by atoms with Crippen molar-refractivity contribution >= 4 is 11.9 Å². The highest BCUT2D eigenvalue weighted by Crippen LogP contribution is 2.23. The summed E-state index contributed by atoms with van der Waals surface area (Å²) >= 11 is 0. The van der Waals surface area contributed by atoms with Gasteiger partial charge in [0.25, 0.3) is 5.91 Å². The molecule has 6 heteroatoms. The van der Waals surface area contributed by atoms with Gasteiger partial charge in [0, 0.05) is 30.7 Å². The van der Waals surface area contributed by atoms with Gasteiger partial charge in [-0.1, -0.05) is 67.8 Å². The van der Waals surface area contributed by atoms with Crippen molar-refractivity contribution < 1.29 is 14.3 Å². The minimum absolute atomic E-state index is 0.0341. The van der Waals surface area contributed by atoms with E-state index in [0.29, 0.717) is 24.9 Å². The number of piperidine rings is 1. The fourth-order valence-electron chi connectivity index (χ4n) is 4.55. The number of carbonyl (C=O) groups excluding carboxylic acids is 2. The van der Waals surface area contributed by atoms with Crippen LogP contribution in [0.15, 0.2) is 60.7 Å². The summed E-state index contributed by atoms with van der Waals surface area (Å²) in [5, 5.41) is 6.35. The number of urea groups is 1. The molecule has 3 amide bonds. The number of ether oxygens (including phenoxy) is 1. The topological polar surface area (TPSA) is 70.7 Å². The molecule has 0 aromatic heterocycles. The highest BCUT2D eigenvalue weighted by atomic mass is 16.5. The Hall–Kier alpha value is -3.02. The minimum Gasteiger partial charge on any atom is -0.476 e. The Bertz CT molecular complexity index is 860. The molecule has 2 fully saturated rings. The number of hydrogen-bond donors (Lipinski definition) is 2. The van der Waals surface area contributed by atoms with Crippen LogP contribution in [0.3, 0.4) is 0 Å². The summed E-state index contributed by atoms with van der Waals surface area (Å²) in [6.07, 6.45) is 6.62. The average Bonchev–Trinajstić information content (AvgIpc) is 2.85. The van der Waals surface area contributed by atoms with Gasteiger partial charge in [0.1, 0.15) is 5.75 Å². The number of carbonyl (C=O) groups is 2.